The Bertz CT molecular complexity index is 546. The molecule has 1 atom stereocenters. The number of aromatic nitrogens is 1. The van der Waals surface area contributed by atoms with Gasteiger partial charge in [0.2, 0.25) is 5.88 Å². The molecule has 0 bridgehead atoms. The van der Waals surface area contributed by atoms with E-state index in [0.717, 1.165) is 5.56 Å². The summed E-state index contributed by atoms with van der Waals surface area (Å²) in [6, 6.07) is 9.83. The Morgan fingerprint density at radius 2 is 1.84 bits per heavy atom. The van der Waals surface area contributed by atoms with Gasteiger partial charge in [-0.1, -0.05) is 18.2 Å². The van der Waals surface area contributed by atoms with Crippen LogP contribution in [0.5, 0.6) is 5.88 Å². The topological polar surface area (TPSA) is 42.4 Å². The second-order valence-corrected chi connectivity index (χ2v) is 4.69. The highest BCUT2D eigenvalue weighted by atomic mass is 16.5. The van der Waals surface area contributed by atoms with Crippen LogP contribution in [0, 0.1) is 13.8 Å². The van der Waals surface area contributed by atoms with Crippen LogP contribution < -0.4 is 4.74 Å². The van der Waals surface area contributed by atoms with Gasteiger partial charge in [-0.3, -0.25) is 0 Å². The minimum atomic E-state index is -0.608. The van der Waals surface area contributed by atoms with Crippen LogP contribution in [-0.2, 0) is 6.42 Å². The van der Waals surface area contributed by atoms with Crippen molar-refractivity contribution < 1.29 is 9.84 Å². The number of methoxy groups -OCH3 is 1. The van der Waals surface area contributed by atoms with E-state index in [2.05, 4.69) is 31.0 Å². The van der Waals surface area contributed by atoms with E-state index in [0.29, 0.717) is 12.3 Å². The summed E-state index contributed by atoms with van der Waals surface area (Å²) in [6.45, 7) is 4.13. The molecule has 19 heavy (non-hydrogen) atoms. The smallest absolute Gasteiger partial charge is 0.218 e. The molecular weight excluding hydrogens is 238 g/mol. The van der Waals surface area contributed by atoms with E-state index in [1.54, 1.807) is 13.3 Å². The molecule has 2 rings (SSSR count). The fourth-order valence-corrected chi connectivity index (χ4v) is 2.30. The van der Waals surface area contributed by atoms with Crippen molar-refractivity contribution in [2.75, 3.05) is 7.11 Å². The number of hydrogen-bond acceptors (Lipinski definition) is 3. The minimum Gasteiger partial charge on any atom is -0.481 e. The average Bonchev–Trinajstić information content (AvgIpc) is 2.42. The van der Waals surface area contributed by atoms with Crippen molar-refractivity contribution >= 4 is 0 Å². The number of ether oxygens (including phenoxy) is 1. The van der Waals surface area contributed by atoms with E-state index in [1.165, 1.54) is 16.7 Å². The van der Waals surface area contributed by atoms with Gasteiger partial charge in [-0.15, -0.1) is 0 Å². The Morgan fingerprint density at radius 1 is 1.16 bits per heavy atom. The zero-order valence-corrected chi connectivity index (χ0v) is 11.6. The number of nitrogens with zero attached hydrogens (tertiary/aromatic N) is 1. The van der Waals surface area contributed by atoms with Crippen molar-refractivity contribution in [3.8, 4) is 5.88 Å². The van der Waals surface area contributed by atoms with Crippen molar-refractivity contribution in [1.29, 1.82) is 0 Å². The van der Waals surface area contributed by atoms with Crippen LogP contribution in [0.3, 0.4) is 0 Å². The molecule has 2 aromatic rings. The van der Waals surface area contributed by atoms with Crippen molar-refractivity contribution in [3.05, 3.63) is 58.8 Å². The number of pyridine rings is 1. The first-order valence-electron chi connectivity index (χ1n) is 6.35. The third-order valence-corrected chi connectivity index (χ3v) is 3.39. The van der Waals surface area contributed by atoms with Crippen LogP contribution in [0.25, 0.3) is 0 Å². The minimum absolute atomic E-state index is 0.487. The van der Waals surface area contributed by atoms with Gasteiger partial charge in [0.25, 0.3) is 0 Å². The van der Waals surface area contributed by atoms with E-state index >= 15 is 0 Å². The van der Waals surface area contributed by atoms with Gasteiger partial charge >= 0.3 is 0 Å². The van der Waals surface area contributed by atoms with Crippen LogP contribution in [0.4, 0.5) is 0 Å². The van der Waals surface area contributed by atoms with E-state index in [-0.39, 0.29) is 0 Å². The molecule has 0 saturated carbocycles. The molecule has 1 unspecified atom stereocenters. The summed E-state index contributed by atoms with van der Waals surface area (Å²) in [5.41, 5.74) is 4.30. The number of rotatable bonds is 4. The summed E-state index contributed by atoms with van der Waals surface area (Å²) >= 11 is 0. The molecule has 1 N–H and O–H groups in total. The van der Waals surface area contributed by atoms with E-state index in [1.807, 2.05) is 18.2 Å². The first-order chi connectivity index (χ1) is 9.13. The highest BCUT2D eigenvalue weighted by Crippen LogP contribution is 2.27. The summed E-state index contributed by atoms with van der Waals surface area (Å²) in [5.74, 6) is 0.487. The van der Waals surface area contributed by atoms with Gasteiger partial charge in [0.1, 0.15) is 0 Å². The van der Waals surface area contributed by atoms with E-state index in [4.69, 9.17) is 4.74 Å². The summed E-state index contributed by atoms with van der Waals surface area (Å²) in [7, 11) is 1.57. The number of aliphatic hydroxyl groups excluding tert-OH is 1. The second-order valence-electron chi connectivity index (χ2n) is 4.69. The van der Waals surface area contributed by atoms with E-state index in [9.17, 15) is 5.11 Å². The highest BCUT2D eigenvalue weighted by molar-refractivity contribution is 5.36. The van der Waals surface area contributed by atoms with Crippen molar-refractivity contribution in [1.82, 2.24) is 4.98 Å². The number of aliphatic hydroxyl groups is 1. The maximum Gasteiger partial charge on any atom is 0.218 e. The fourth-order valence-electron chi connectivity index (χ4n) is 2.30. The third-order valence-electron chi connectivity index (χ3n) is 3.39. The van der Waals surface area contributed by atoms with Crippen LogP contribution in [0.1, 0.15) is 28.4 Å². The summed E-state index contributed by atoms with van der Waals surface area (Å²) in [6.07, 6.45) is 1.62. The van der Waals surface area contributed by atoms with Crippen LogP contribution in [0.2, 0.25) is 0 Å². The normalized spacial score (nSPS) is 12.2. The van der Waals surface area contributed by atoms with Crippen LogP contribution >= 0.6 is 0 Å². The number of aryl methyl sites for hydroxylation is 2. The van der Waals surface area contributed by atoms with Crippen molar-refractivity contribution in [2.45, 2.75) is 26.4 Å². The molecule has 1 aromatic carbocycles. The van der Waals surface area contributed by atoms with Gasteiger partial charge in [-0.05, 0) is 42.7 Å². The largest absolute Gasteiger partial charge is 0.481 e. The lowest BCUT2D eigenvalue weighted by atomic mass is 9.95. The van der Waals surface area contributed by atoms with E-state index < -0.39 is 6.10 Å². The molecule has 0 amide bonds. The fraction of sp³-hybridized carbons (Fsp3) is 0.312. The number of hydrogen-bond donors (Lipinski definition) is 1. The first-order valence-corrected chi connectivity index (χ1v) is 6.35. The molecule has 3 heteroatoms. The molecule has 0 spiro atoms. The molecule has 0 aliphatic carbocycles. The summed E-state index contributed by atoms with van der Waals surface area (Å²) in [4.78, 5) is 4.12. The van der Waals surface area contributed by atoms with Gasteiger partial charge in [0.15, 0.2) is 0 Å². The van der Waals surface area contributed by atoms with Crippen molar-refractivity contribution in [2.24, 2.45) is 0 Å². The molecule has 0 radical (unpaired) electrons. The molecule has 3 nitrogen and oxygen atoms in total. The Labute approximate surface area is 113 Å². The molecule has 1 aromatic heterocycles. The average molecular weight is 257 g/mol. The Kier molecular flexibility index (Phi) is 4.17. The molecule has 0 saturated heterocycles. The Morgan fingerprint density at radius 3 is 2.47 bits per heavy atom. The molecule has 0 fully saturated rings. The van der Waals surface area contributed by atoms with Crippen LogP contribution in [-0.4, -0.2) is 17.2 Å². The lowest BCUT2D eigenvalue weighted by Crippen LogP contribution is -2.07. The first kappa shape index (κ1) is 13.6. The van der Waals surface area contributed by atoms with Gasteiger partial charge in [0, 0.05) is 18.2 Å². The van der Waals surface area contributed by atoms with Gasteiger partial charge in [-0.2, -0.15) is 0 Å². The maximum absolute atomic E-state index is 10.4. The monoisotopic (exact) mass is 257 g/mol. The Hall–Kier alpha value is -1.87. The summed E-state index contributed by atoms with van der Waals surface area (Å²) in [5, 5.41) is 10.4. The van der Waals surface area contributed by atoms with Crippen molar-refractivity contribution in [3.63, 3.8) is 0 Å². The SMILES string of the molecule is COc1ncccc1C(O)Cc1c(C)cccc1C. The molecule has 0 aliphatic heterocycles. The maximum atomic E-state index is 10.4. The standard InChI is InChI=1S/C16H19NO2/c1-11-6-4-7-12(2)14(11)10-15(18)13-8-5-9-17-16(13)19-3/h4-9,15,18H,10H2,1-3H3. The zero-order valence-electron chi connectivity index (χ0n) is 11.6. The predicted molar refractivity (Wildman–Crippen MR) is 75.4 cm³/mol. The number of benzene rings is 1. The van der Waals surface area contributed by atoms with Gasteiger partial charge in [0.05, 0.1) is 13.2 Å². The molecular formula is C16H19NO2. The Balaban J connectivity index is 2.28. The van der Waals surface area contributed by atoms with Gasteiger partial charge < -0.3 is 9.84 Å². The lowest BCUT2D eigenvalue weighted by Gasteiger charge is -2.16. The summed E-state index contributed by atoms with van der Waals surface area (Å²) < 4.78 is 5.19. The van der Waals surface area contributed by atoms with Crippen LogP contribution in [0.15, 0.2) is 36.5 Å². The van der Waals surface area contributed by atoms with Gasteiger partial charge in [-0.25, -0.2) is 4.98 Å². The molecule has 1 heterocycles. The third kappa shape index (κ3) is 2.93. The molecule has 0 aliphatic rings. The zero-order chi connectivity index (χ0) is 13.8. The molecule has 100 valence electrons. The predicted octanol–water partition coefficient (Wildman–Crippen LogP) is 2.98. The quantitative estimate of drug-likeness (QED) is 0.915. The second kappa shape index (κ2) is 5.85. The lowest BCUT2D eigenvalue weighted by molar-refractivity contribution is 0.172. The highest BCUT2D eigenvalue weighted by Gasteiger charge is 2.16.